The molecule has 2 rings (SSSR count). The first-order valence-corrected chi connectivity index (χ1v) is 10.4. The summed E-state index contributed by atoms with van der Waals surface area (Å²) in [6.07, 6.45) is 1.64. The Balaban J connectivity index is 1.93. The Bertz CT molecular complexity index is 916. The van der Waals surface area contributed by atoms with E-state index < -0.39 is 22.1 Å². The van der Waals surface area contributed by atoms with Crippen molar-refractivity contribution in [3.05, 3.63) is 53.6 Å². The van der Waals surface area contributed by atoms with E-state index in [1.807, 2.05) is 11.6 Å². The van der Waals surface area contributed by atoms with Crippen molar-refractivity contribution in [2.45, 2.75) is 24.7 Å². The summed E-state index contributed by atoms with van der Waals surface area (Å²) in [4.78, 5) is 23.5. The molecule has 4 N–H and O–H groups in total. The van der Waals surface area contributed by atoms with Gasteiger partial charge in [0, 0.05) is 22.9 Å². The van der Waals surface area contributed by atoms with E-state index in [4.69, 9.17) is 11.6 Å². The van der Waals surface area contributed by atoms with Crippen molar-refractivity contribution in [3.8, 4) is 0 Å². The number of carbonyl (C=O) groups is 2. The van der Waals surface area contributed by atoms with Crippen LogP contribution in [0.25, 0.3) is 0 Å². The lowest BCUT2D eigenvalue weighted by Gasteiger charge is -2.10. The molecule has 8 nitrogen and oxygen atoms in total. The van der Waals surface area contributed by atoms with Gasteiger partial charge in [-0.25, -0.2) is 22.7 Å². The average Bonchev–Trinajstić information content (AvgIpc) is 2.64. The molecule has 0 aliphatic rings. The van der Waals surface area contributed by atoms with Gasteiger partial charge < -0.3 is 16.0 Å². The monoisotopic (exact) mass is 424 g/mol. The highest BCUT2D eigenvalue weighted by molar-refractivity contribution is 7.90. The smallest absolute Gasteiger partial charge is 0.328 e. The number of nitrogens with one attached hydrogen (secondary N) is 4. The van der Waals surface area contributed by atoms with Crippen molar-refractivity contribution in [1.82, 2.24) is 10.0 Å². The highest BCUT2D eigenvalue weighted by Gasteiger charge is 2.17. The Kier molecular flexibility index (Phi) is 7.65. The van der Waals surface area contributed by atoms with Crippen molar-refractivity contribution in [2.75, 3.05) is 17.2 Å². The number of amides is 4. The second-order valence-corrected chi connectivity index (χ2v) is 7.94. The van der Waals surface area contributed by atoms with Gasteiger partial charge in [-0.15, -0.1) is 0 Å². The fraction of sp³-hybridized carbons (Fsp3) is 0.222. The van der Waals surface area contributed by atoms with Crippen LogP contribution in [0.2, 0.25) is 5.02 Å². The highest BCUT2D eigenvalue weighted by Crippen LogP contribution is 2.16. The van der Waals surface area contributed by atoms with Gasteiger partial charge in [-0.3, -0.25) is 0 Å². The lowest BCUT2D eigenvalue weighted by Crippen LogP contribution is -2.39. The van der Waals surface area contributed by atoms with Gasteiger partial charge in [0.1, 0.15) is 0 Å². The minimum absolute atomic E-state index is 0.0956. The number of anilines is 2. The minimum atomic E-state index is -4.00. The number of hydrogen-bond donors (Lipinski definition) is 4. The topological polar surface area (TPSA) is 116 Å². The summed E-state index contributed by atoms with van der Waals surface area (Å²) in [6.45, 7) is 2.35. The number of halogens is 1. The predicted octanol–water partition coefficient (Wildman–Crippen LogP) is 3.77. The van der Waals surface area contributed by atoms with Crippen molar-refractivity contribution < 1.29 is 18.0 Å². The fourth-order valence-corrected chi connectivity index (χ4v) is 3.19. The summed E-state index contributed by atoms with van der Waals surface area (Å²) >= 11 is 5.79. The molecule has 2 aromatic rings. The maximum atomic E-state index is 12.2. The molecule has 0 aliphatic heterocycles. The molecule has 0 spiro atoms. The quantitative estimate of drug-likeness (QED) is 0.506. The van der Waals surface area contributed by atoms with Crippen LogP contribution in [0.4, 0.5) is 21.0 Å². The summed E-state index contributed by atoms with van der Waals surface area (Å²) in [7, 11) is -4.00. The van der Waals surface area contributed by atoms with Crippen LogP contribution >= 0.6 is 11.6 Å². The Labute approximate surface area is 168 Å². The number of hydrogen-bond acceptors (Lipinski definition) is 4. The molecule has 0 atom stereocenters. The van der Waals surface area contributed by atoms with Gasteiger partial charge >= 0.3 is 12.1 Å². The van der Waals surface area contributed by atoms with Crippen molar-refractivity contribution in [1.29, 1.82) is 0 Å². The first-order valence-electron chi connectivity index (χ1n) is 8.54. The van der Waals surface area contributed by atoms with E-state index in [1.165, 1.54) is 24.3 Å². The molecule has 0 heterocycles. The summed E-state index contributed by atoms with van der Waals surface area (Å²) < 4.78 is 26.3. The molecular weight excluding hydrogens is 404 g/mol. The van der Waals surface area contributed by atoms with E-state index in [0.717, 1.165) is 12.8 Å². The number of benzene rings is 2. The Morgan fingerprint density at radius 3 is 1.96 bits per heavy atom. The minimum Gasteiger partial charge on any atom is -0.337 e. The molecular formula is C18H21ClN4O4S. The van der Waals surface area contributed by atoms with E-state index in [9.17, 15) is 18.0 Å². The zero-order valence-electron chi connectivity index (χ0n) is 15.2. The molecule has 0 fully saturated rings. The van der Waals surface area contributed by atoms with Gasteiger partial charge in [0.15, 0.2) is 0 Å². The Morgan fingerprint density at radius 1 is 0.893 bits per heavy atom. The van der Waals surface area contributed by atoms with Gasteiger partial charge in [-0.05, 0) is 55.0 Å². The standard InChI is InChI=1S/C18H21ClN4O4S/c1-2-3-12-20-17(24)23-28(26,27)16-10-8-15(9-11-16)22-18(25)21-14-6-4-13(19)5-7-14/h4-11H,2-3,12H2,1H3,(H2,20,23,24)(H2,21,22,25). The third kappa shape index (κ3) is 6.75. The zero-order chi connectivity index (χ0) is 20.6. The zero-order valence-corrected chi connectivity index (χ0v) is 16.7. The molecule has 28 heavy (non-hydrogen) atoms. The molecule has 0 bridgehead atoms. The van der Waals surface area contributed by atoms with Crippen LogP contribution in [0.3, 0.4) is 0 Å². The van der Waals surface area contributed by atoms with E-state index >= 15 is 0 Å². The number of unbranched alkanes of at least 4 members (excludes halogenated alkanes) is 1. The summed E-state index contributed by atoms with van der Waals surface area (Å²) in [5.41, 5.74) is 0.942. The number of rotatable bonds is 7. The van der Waals surface area contributed by atoms with Crippen LogP contribution in [-0.4, -0.2) is 27.0 Å². The molecule has 0 saturated carbocycles. The van der Waals surface area contributed by atoms with Crippen LogP contribution < -0.4 is 20.7 Å². The Morgan fingerprint density at radius 2 is 1.43 bits per heavy atom. The van der Waals surface area contributed by atoms with Crippen molar-refractivity contribution in [2.24, 2.45) is 0 Å². The van der Waals surface area contributed by atoms with E-state index in [2.05, 4.69) is 16.0 Å². The van der Waals surface area contributed by atoms with Gasteiger partial charge in [0.05, 0.1) is 4.90 Å². The molecule has 0 aliphatic carbocycles. The predicted molar refractivity (Wildman–Crippen MR) is 109 cm³/mol. The van der Waals surface area contributed by atoms with E-state index in [1.54, 1.807) is 24.3 Å². The summed E-state index contributed by atoms with van der Waals surface area (Å²) in [5.74, 6) is 0. The highest BCUT2D eigenvalue weighted by atomic mass is 35.5. The Hall–Kier alpha value is -2.78. The number of carbonyl (C=O) groups excluding carboxylic acids is 2. The SMILES string of the molecule is CCCCNC(=O)NS(=O)(=O)c1ccc(NC(=O)Nc2ccc(Cl)cc2)cc1. The molecule has 10 heteroatoms. The lowest BCUT2D eigenvalue weighted by atomic mass is 10.3. The first kappa shape index (κ1) is 21.5. The van der Waals surface area contributed by atoms with E-state index in [0.29, 0.717) is 22.9 Å². The van der Waals surface area contributed by atoms with Crippen LogP contribution in [0, 0.1) is 0 Å². The third-order valence-electron chi connectivity index (χ3n) is 3.57. The lowest BCUT2D eigenvalue weighted by molar-refractivity contribution is 0.245. The fourth-order valence-electron chi connectivity index (χ4n) is 2.14. The molecule has 0 aromatic heterocycles. The van der Waals surface area contributed by atoms with Gasteiger partial charge in [-0.2, -0.15) is 0 Å². The third-order valence-corrected chi connectivity index (χ3v) is 5.17. The first-order chi connectivity index (χ1) is 13.3. The maximum absolute atomic E-state index is 12.2. The van der Waals surface area contributed by atoms with Gasteiger partial charge in [0.25, 0.3) is 10.0 Å². The maximum Gasteiger partial charge on any atom is 0.328 e. The molecule has 4 amide bonds. The summed E-state index contributed by atoms with van der Waals surface area (Å²) in [5, 5.41) is 8.22. The number of sulfonamides is 1. The second-order valence-electron chi connectivity index (χ2n) is 5.83. The number of urea groups is 2. The molecule has 2 aromatic carbocycles. The molecule has 0 unspecified atom stereocenters. The molecule has 150 valence electrons. The largest absolute Gasteiger partial charge is 0.337 e. The van der Waals surface area contributed by atoms with Crippen LogP contribution in [0.15, 0.2) is 53.4 Å². The van der Waals surface area contributed by atoms with Crippen molar-refractivity contribution in [3.63, 3.8) is 0 Å². The van der Waals surface area contributed by atoms with Crippen LogP contribution in [0.1, 0.15) is 19.8 Å². The normalized spacial score (nSPS) is 10.8. The second kappa shape index (κ2) is 9.95. The summed E-state index contributed by atoms with van der Waals surface area (Å²) in [6, 6.07) is 10.7. The van der Waals surface area contributed by atoms with Gasteiger partial charge in [0.2, 0.25) is 0 Å². The van der Waals surface area contributed by atoms with E-state index in [-0.39, 0.29) is 4.90 Å². The average molecular weight is 425 g/mol. The van der Waals surface area contributed by atoms with Crippen LogP contribution in [-0.2, 0) is 10.0 Å². The van der Waals surface area contributed by atoms with Crippen LogP contribution in [0.5, 0.6) is 0 Å². The van der Waals surface area contributed by atoms with Gasteiger partial charge in [-0.1, -0.05) is 24.9 Å². The molecule has 0 radical (unpaired) electrons. The van der Waals surface area contributed by atoms with Crippen molar-refractivity contribution >= 4 is 45.1 Å². The molecule has 0 saturated heterocycles.